The van der Waals surface area contributed by atoms with Crippen molar-refractivity contribution in [2.45, 2.75) is 13.3 Å². The fourth-order valence-electron chi connectivity index (χ4n) is 1.54. The Hall–Kier alpha value is -1.38. The fraction of sp³-hybridized carbons (Fsp3) is 0.133. The Bertz CT molecular complexity index is 482. The van der Waals surface area contributed by atoms with Crippen molar-refractivity contribution in [1.82, 2.24) is 0 Å². The number of thiocarbonyl (C=S) groups is 1. The molecule has 3 heteroatoms. The summed E-state index contributed by atoms with van der Waals surface area (Å²) in [6.07, 6.45) is 0.637. The first-order valence-corrected chi connectivity index (χ1v) is 6.44. The Morgan fingerprint density at radius 3 is 2.28 bits per heavy atom. The largest absolute Gasteiger partial charge is 0.450 e. The van der Waals surface area contributed by atoms with Gasteiger partial charge in [0.1, 0.15) is 5.75 Å². The first-order chi connectivity index (χ1) is 8.63. The van der Waals surface area contributed by atoms with Gasteiger partial charge < -0.3 is 4.74 Å². The van der Waals surface area contributed by atoms with E-state index in [0.29, 0.717) is 16.5 Å². The molecule has 0 saturated heterocycles. The number of hydrogen-bond donors (Lipinski definition) is 0. The molecule has 92 valence electrons. The summed E-state index contributed by atoms with van der Waals surface area (Å²) in [6, 6.07) is 15.4. The molecular formula is C15H13ClOS. The van der Waals surface area contributed by atoms with Gasteiger partial charge in [-0.1, -0.05) is 41.4 Å². The summed E-state index contributed by atoms with van der Waals surface area (Å²) in [5.74, 6) is 0.719. The van der Waals surface area contributed by atoms with Gasteiger partial charge in [-0.25, -0.2) is 0 Å². The van der Waals surface area contributed by atoms with E-state index in [1.165, 1.54) is 5.56 Å². The van der Waals surface area contributed by atoms with Gasteiger partial charge in [-0.3, -0.25) is 0 Å². The van der Waals surface area contributed by atoms with Crippen LogP contribution in [0.2, 0.25) is 5.02 Å². The second-order valence-electron chi connectivity index (χ2n) is 4.09. The predicted molar refractivity (Wildman–Crippen MR) is 79.6 cm³/mol. The van der Waals surface area contributed by atoms with E-state index in [-0.39, 0.29) is 0 Å². The Morgan fingerprint density at radius 2 is 1.67 bits per heavy atom. The molecule has 0 aliphatic carbocycles. The van der Waals surface area contributed by atoms with Gasteiger partial charge in [0.2, 0.25) is 0 Å². The SMILES string of the molecule is Cc1ccc(CC(=S)Oc2ccc(Cl)cc2)cc1. The van der Waals surface area contributed by atoms with Crippen LogP contribution in [-0.4, -0.2) is 5.05 Å². The molecule has 2 aromatic carbocycles. The van der Waals surface area contributed by atoms with Crippen LogP contribution in [0.4, 0.5) is 0 Å². The highest BCUT2D eigenvalue weighted by Gasteiger charge is 2.02. The summed E-state index contributed by atoms with van der Waals surface area (Å²) in [4.78, 5) is 0. The van der Waals surface area contributed by atoms with Crippen molar-refractivity contribution in [2.75, 3.05) is 0 Å². The third-order valence-corrected chi connectivity index (χ3v) is 2.99. The second kappa shape index (κ2) is 5.98. The molecule has 1 nitrogen and oxygen atoms in total. The van der Waals surface area contributed by atoms with Crippen LogP contribution in [0.5, 0.6) is 5.75 Å². The van der Waals surface area contributed by atoms with E-state index in [2.05, 4.69) is 31.2 Å². The van der Waals surface area contributed by atoms with Crippen LogP contribution in [0.15, 0.2) is 48.5 Å². The average molecular weight is 277 g/mol. The zero-order valence-electron chi connectivity index (χ0n) is 10.0. The van der Waals surface area contributed by atoms with Crippen LogP contribution < -0.4 is 4.74 Å². The van der Waals surface area contributed by atoms with Crippen molar-refractivity contribution >= 4 is 28.9 Å². The summed E-state index contributed by atoms with van der Waals surface area (Å²) < 4.78 is 5.58. The maximum Gasteiger partial charge on any atom is 0.171 e. The number of ether oxygens (including phenoxy) is 1. The van der Waals surface area contributed by atoms with E-state index in [0.717, 1.165) is 11.3 Å². The van der Waals surface area contributed by atoms with E-state index >= 15 is 0 Å². The highest BCUT2D eigenvalue weighted by atomic mass is 35.5. The first-order valence-electron chi connectivity index (χ1n) is 5.65. The van der Waals surface area contributed by atoms with E-state index < -0.39 is 0 Å². The molecule has 2 rings (SSSR count). The predicted octanol–water partition coefficient (Wildman–Crippen LogP) is 4.60. The summed E-state index contributed by atoms with van der Waals surface area (Å²) in [5, 5.41) is 1.24. The van der Waals surface area contributed by atoms with Gasteiger partial charge in [-0.05, 0) is 49.0 Å². The molecule has 0 fully saturated rings. The minimum Gasteiger partial charge on any atom is -0.450 e. The minimum atomic E-state index is 0.557. The molecule has 0 radical (unpaired) electrons. The second-order valence-corrected chi connectivity index (χ2v) is 4.98. The van der Waals surface area contributed by atoms with Gasteiger partial charge >= 0.3 is 0 Å². The van der Waals surface area contributed by atoms with Gasteiger partial charge in [-0.2, -0.15) is 0 Å². The molecule has 0 saturated carbocycles. The average Bonchev–Trinajstić information content (AvgIpc) is 2.35. The van der Waals surface area contributed by atoms with Gasteiger partial charge in [-0.15, -0.1) is 0 Å². The highest BCUT2D eigenvalue weighted by Crippen LogP contribution is 2.16. The maximum atomic E-state index is 5.80. The standard InChI is InChI=1S/C15H13ClOS/c1-11-2-4-12(5-3-11)10-15(18)17-14-8-6-13(16)7-9-14/h2-9H,10H2,1H3. The molecule has 0 atom stereocenters. The minimum absolute atomic E-state index is 0.557. The van der Waals surface area contributed by atoms with E-state index in [1.54, 1.807) is 12.1 Å². The van der Waals surface area contributed by atoms with E-state index in [4.69, 9.17) is 28.6 Å². The Morgan fingerprint density at radius 1 is 1.06 bits per heavy atom. The van der Waals surface area contributed by atoms with E-state index in [1.807, 2.05) is 12.1 Å². The summed E-state index contributed by atoms with van der Waals surface area (Å²) in [6.45, 7) is 2.06. The molecule has 0 N–H and O–H groups in total. The fourth-order valence-corrected chi connectivity index (χ4v) is 1.93. The van der Waals surface area contributed by atoms with Crippen molar-refractivity contribution in [2.24, 2.45) is 0 Å². The number of halogens is 1. The number of rotatable bonds is 3. The lowest BCUT2D eigenvalue weighted by molar-refractivity contribution is 0.553. The van der Waals surface area contributed by atoms with Crippen molar-refractivity contribution < 1.29 is 4.74 Å². The van der Waals surface area contributed by atoms with Crippen LogP contribution in [-0.2, 0) is 6.42 Å². The van der Waals surface area contributed by atoms with Crippen LogP contribution in [0.1, 0.15) is 11.1 Å². The lowest BCUT2D eigenvalue weighted by Crippen LogP contribution is -2.08. The molecule has 0 heterocycles. The van der Waals surface area contributed by atoms with Gasteiger partial charge in [0.15, 0.2) is 5.05 Å². The molecule has 0 unspecified atom stereocenters. The highest BCUT2D eigenvalue weighted by molar-refractivity contribution is 7.80. The van der Waals surface area contributed by atoms with Crippen LogP contribution in [0.25, 0.3) is 0 Å². The van der Waals surface area contributed by atoms with Crippen molar-refractivity contribution in [3.05, 3.63) is 64.7 Å². The third kappa shape index (κ3) is 3.83. The Kier molecular flexibility index (Phi) is 4.34. The maximum absolute atomic E-state index is 5.80. The number of hydrogen-bond acceptors (Lipinski definition) is 2. The molecule has 2 aromatic rings. The van der Waals surface area contributed by atoms with Crippen molar-refractivity contribution in [3.63, 3.8) is 0 Å². The quantitative estimate of drug-likeness (QED) is 0.758. The van der Waals surface area contributed by atoms with Crippen LogP contribution in [0, 0.1) is 6.92 Å². The molecule has 18 heavy (non-hydrogen) atoms. The Labute approximate surface area is 117 Å². The lowest BCUT2D eigenvalue weighted by Gasteiger charge is -2.07. The topological polar surface area (TPSA) is 9.23 Å². The van der Waals surface area contributed by atoms with Crippen molar-refractivity contribution in [1.29, 1.82) is 0 Å². The third-order valence-electron chi connectivity index (χ3n) is 2.51. The molecule has 0 amide bonds. The normalized spacial score (nSPS) is 10.1. The molecule has 0 bridgehead atoms. The number of aryl methyl sites for hydroxylation is 1. The molecular weight excluding hydrogens is 264 g/mol. The summed E-state index contributed by atoms with van der Waals surface area (Å²) in [5.41, 5.74) is 2.39. The zero-order valence-corrected chi connectivity index (χ0v) is 11.6. The Balaban J connectivity index is 1.96. The lowest BCUT2D eigenvalue weighted by atomic mass is 10.1. The molecule has 0 aliphatic rings. The summed E-state index contributed by atoms with van der Waals surface area (Å²) >= 11 is 11.0. The van der Waals surface area contributed by atoms with Gasteiger partial charge in [0.25, 0.3) is 0 Å². The molecule has 0 aliphatic heterocycles. The molecule has 0 aromatic heterocycles. The van der Waals surface area contributed by atoms with Crippen LogP contribution in [0.3, 0.4) is 0 Å². The van der Waals surface area contributed by atoms with E-state index in [9.17, 15) is 0 Å². The smallest absolute Gasteiger partial charge is 0.171 e. The van der Waals surface area contributed by atoms with Crippen molar-refractivity contribution in [3.8, 4) is 5.75 Å². The first kappa shape index (κ1) is 13.1. The van der Waals surface area contributed by atoms with Gasteiger partial charge in [0.05, 0.1) is 0 Å². The monoisotopic (exact) mass is 276 g/mol. The zero-order chi connectivity index (χ0) is 13.0. The number of benzene rings is 2. The molecule has 0 spiro atoms. The van der Waals surface area contributed by atoms with Gasteiger partial charge in [0, 0.05) is 11.4 Å². The van der Waals surface area contributed by atoms with Crippen LogP contribution >= 0.6 is 23.8 Å². The summed E-state index contributed by atoms with van der Waals surface area (Å²) in [7, 11) is 0.